The maximum Gasteiger partial charge on any atom is 0.159 e. The summed E-state index contributed by atoms with van der Waals surface area (Å²) in [6.45, 7) is 0. The highest BCUT2D eigenvalue weighted by Gasteiger charge is 2.60. The monoisotopic (exact) mass is 663 g/mol. The molecule has 260 valence electrons. The highest BCUT2D eigenvalue weighted by atomic mass is 16.3. The number of aromatic nitrogens is 1. The fourth-order valence-electron chi connectivity index (χ4n) is 16.2. The van der Waals surface area contributed by atoms with Crippen molar-refractivity contribution in [2.75, 3.05) is 0 Å². The van der Waals surface area contributed by atoms with Crippen LogP contribution in [0, 0.1) is 71.0 Å². The predicted molar refractivity (Wildman–Crippen MR) is 206 cm³/mol. The van der Waals surface area contributed by atoms with E-state index in [1.165, 1.54) is 96.8 Å². The van der Waals surface area contributed by atoms with E-state index in [1.807, 2.05) is 0 Å². The fraction of sp³-hybridized carbons (Fsp3) is 0.625. The topological polar surface area (TPSA) is 18.1 Å². The average Bonchev–Trinajstić information content (AvgIpc) is 3.73. The molecule has 2 nitrogen and oxygen atoms in total. The predicted octanol–water partition coefficient (Wildman–Crippen LogP) is 13.4. The molecule has 2 heterocycles. The van der Waals surface area contributed by atoms with Gasteiger partial charge in [0.25, 0.3) is 0 Å². The number of nitrogens with zero attached hydrogens (tertiary/aromatic N) is 1. The zero-order valence-electron chi connectivity index (χ0n) is 30.2. The molecule has 13 unspecified atom stereocenters. The van der Waals surface area contributed by atoms with Crippen molar-refractivity contribution in [3.63, 3.8) is 0 Å². The van der Waals surface area contributed by atoms with Gasteiger partial charge in [0.2, 0.25) is 0 Å². The van der Waals surface area contributed by atoms with E-state index in [2.05, 4.69) is 65.2 Å². The molecule has 0 spiro atoms. The first-order valence-corrected chi connectivity index (χ1v) is 21.6. The van der Waals surface area contributed by atoms with Gasteiger partial charge in [-0.3, -0.25) is 0 Å². The molecule has 7 fully saturated rings. The second-order valence-electron chi connectivity index (χ2n) is 19.1. The molecule has 0 amide bonds. The third kappa shape index (κ3) is 4.14. The number of fused-ring (bicyclic) bond motifs is 19. The molecule has 12 rings (SSSR count). The largest absolute Gasteiger partial charge is 0.454 e. The quantitative estimate of drug-likeness (QED) is 0.175. The molecule has 50 heavy (non-hydrogen) atoms. The van der Waals surface area contributed by atoms with Crippen molar-refractivity contribution < 1.29 is 4.42 Å². The van der Waals surface area contributed by atoms with Gasteiger partial charge in [0.1, 0.15) is 5.58 Å². The lowest BCUT2D eigenvalue weighted by Crippen LogP contribution is -2.57. The van der Waals surface area contributed by atoms with Gasteiger partial charge in [0.05, 0.1) is 5.52 Å². The molecule has 3 aromatic carbocycles. The summed E-state index contributed by atoms with van der Waals surface area (Å²) in [5.74, 6) is 12.5. The Kier molecular flexibility index (Phi) is 6.78. The summed E-state index contributed by atoms with van der Waals surface area (Å²) in [6.07, 6.45) is 26.0. The lowest BCUT2D eigenvalue weighted by Gasteiger charge is -2.65. The van der Waals surface area contributed by atoms with Crippen molar-refractivity contribution in [1.29, 1.82) is 0 Å². The van der Waals surface area contributed by atoms with Gasteiger partial charge in [-0.2, -0.15) is 0 Å². The summed E-state index contributed by atoms with van der Waals surface area (Å²) in [7, 11) is 0. The van der Waals surface area contributed by atoms with E-state index in [4.69, 9.17) is 4.42 Å². The number of para-hydroxylation sites is 2. The standard InChI is InChI=1S/C48H57NO/c1-3-13-31-29(11-1)30-12-2-4-14-32(30)42-27-44-35-22-21-28(25-40(35)33-15-5-6-16-34(33)43(44)26-41(31)42)49-45-19-9-7-17-36(45)38-23-24-39-37-18-8-10-20-46(37)50-48(39)47(38)49/h7-10,17-20,23-24,28-35,40-44H,1-6,11-16,21-22,25-27H2. The van der Waals surface area contributed by atoms with Crippen molar-refractivity contribution in [1.82, 2.24) is 4.57 Å². The SMILES string of the molecule is c1ccc2c(c1)oc1c2ccc2c3ccccc3n(C3CCC4C5CC6C7CCCCC7C7CCCCC7C6CC5C5CCCCC5C4C3)c21. The fourth-order valence-corrected chi connectivity index (χ4v) is 16.2. The number of furan rings is 1. The third-order valence-electron chi connectivity index (χ3n) is 17.6. The second-order valence-corrected chi connectivity index (χ2v) is 19.1. The van der Waals surface area contributed by atoms with Gasteiger partial charge < -0.3 is 8.98 Å². The molecule has 13 atom stereocenters. The summed E-state index contributed by atoms with van der Waals surface area (Å²) >= 11 is 0. The molecule has 2 heteroatoms. The first-order chi connectivity index (χ1) is 24.8. The molecule has 2 aromatic heterocycles. The first kappa shape index (κ1) is 29.8. The van der Waals surface area contributed by atoms with Crippen LogP contribution in [0.1, 0.15) is 115 Å². The Morgan fingerprint density at radius 3 is 1.50 bits per heavy atom. The van der Waals surface area contributed by atoms with Gasteiger partial charge in [0, 0.05) is 33.1 Å². The number of benzene rings is 3. The van der Waals surface area contributed by atoms with Crippen LogP contribution in [0.5, 0.6) is 0 Å². The number of rotatable bonds is 1. The van der Waals surface area contributed by atoms with E-state index in [0.717, 1.165) is 82.2 Å². The Hall–Kier alpha value is -2.74. The molecule has 5 aromatic rings. The summed E-state index contributed by atoms with van der Waals surface area (Å²) in [6, 6.07) is 23.3. The molecule has 0 bridgehead atoms. The molecule has 7 aliphatic carbocycles. The van der Waals surface area contributed by atoms with Crippen LogP contribution in [0.4, 0.5) is 0 Å². The zero-order valence-corrected chi connectivity index (χ0v) is 30.2. The molecule has 7 aliphatic rings. The van der Waals surface area contributed by atoms with Crippen LogP contribution in [0.2, 0.25) is 0 Å². The van der Waals surface area contributed by atoms with Crippen LogP contribution in [-0.4, -0.2) is 4.57 Å². The Balaban J connectivity index is 0.943. The maximum atomic E-state index is 6.80. The van der Waals surface area contributed by atoms with Gasteiger partial charge in [-0.1, -0.05) is 81.0 Å². The molecular weight excluding hydrogens is 607 g/mol. The Morgan fingerprint density at radius 1 is 0.400 bits per heavy atom. The van der Waals surface area contributed by atoms with Crippen LogP contribution in [0.25, 0.3) is 43.7 Å². The highest BCUT2D eigenvalue weighted by molar-refractivity contribution is 6.20. The van der Waals surface area contributed by atoms with E-state index in [9.17, 15) is 0 Å². The Morgan fingerprint density at radius 2 is 0.880 bits per heavy atom. The van der Waals surface area contributed by atoms with E-state index < -0.39 is 0 Å². The number of hydrogen-bond acceptors (Lipinski definition) is 1. The lowest BCUT2D eigenvalue weighted by molar-refractivity contribution is -0.157. The van der Waals surface area contributed by atoms with Crippen LogP contribution in [0.3, 0.4) is 0 Å². The average molecular weight is 664 g/mol. The normalized spacial score (nSPS) is 41.2. The van der Waals surface area contributed by atoms with Gasteiger partial charge >= 0.3 is 0 Å². The van der Waals surface area contributed by atoms with Gasteiger partial charge in [-0.05, 0) is 160 Å². The lowest BCUT2D eigenvalue weighted by atomic mass is 9.41. The van der Waals surface area contributed by atoms with Crippen molar-refractivity contribution >= 4 is 43.7 Å². The smallest absolute Gasteiger partial charge is 0.159 e. The minimum Gasteiger partial charge on any atom is -0.454 e. The second kappa shape index (κ2) is 11.4. The van der Waals surface area contributed by atoms with Gasteiger partial charge in [0.15, 0.2) is 5.58 Å². The van der Waals surface area contributed by atoms with E-state index in [0.29, 0.717) is 6.04 Å². The van der Waals surface area contributed by atoms with Gasteiger partial charge in [-0.25, -0.2) is 0 Å². The van der Waals surface area contributed by atoms with Crippen molar-refractivity contribution in [2.24, 2.45) is 71.0 Å². The Bertz CT molecular complexity index is 2080. The van der Waals surface area contributed by atoms with E-state index >= 15 is 0 Å². The molecule has 7 saturated carbocycles. The van der Waals surface area contributed by atoms with Crippen molar-refractivity contribution in [2.45, 2.75) is 115 Å². The summed E-state index contributed by atoms with van der Waals surface area (Å²) in [4.78, 5) is 0. The Labute approximate surface area is 298 Å². The van der Waals surface area contributed by atoms with E-state index in [-0.39, 0.29) is 0 Å². The molecule has 0 aliphatic heterocycles. The van der Waals surface area contributed by atoms with Gasteiger partial charge in [-0.15, -0.1) is 0 Å². The molecular formula is C48H57NO. The van der Waals surface area contributed by atoms with Crippen LogP contribution >= 0.6 is 0 Å². The minimum absolute atomic E-state index is 0.563. The molecule has 0 saturated heterocycles. The highest BCUT2D eigenvalue weighted by Crippen LogP contribution is 2.67. The minimum atomic E-state index is 0.563. The van der Waals surface area contributed by atoms with Crippen LogP contribution < -0.4 is 0 Å². The maximum absolute atomic E-state index is 6.80. The molecule has 0 radical (unpaired) electrons. The zero-order chi connectivity index (χ0) is 32.5. The summed E-state index contributed by atoms with van der Waals surface area (Å²) in [5, 5.41) is 5.33. The third-order valence-corrected chi connectivity index (χ3v) is 17.6. The van der Waals surface area contributed by atoms with E-state index in [1.54, 1.807) is 44.9 Å². The van der Waals surface area contributed by atoms with Crippen LogP contribution in [0.15, 0.2) is 65.1 Å². The van der Waals surface area contributed by atoms with Crippen molar-refractivity contribution in [3.05, 3.63) is 60.7 Å². The van der Waals surface area contributed by atoms with Crippen LogP contribution in [-0.2, 0) is 0 Å². The number of hydrogen-bond donors (Lipinski definition) is 0. The first-order valence-electron chi connectivity index (χ1n) is 21.6. The van der Waals surface area contributed by atoms with Crippen molar-refractivity contribution in [3.8, 4) is 0 Å². The summed E-state index contributed by atoms with van der Waals surface area (Å²) in [5.41, 5.74) is 4.93. The summed E-state index contributed by atoms with van der Waals surface area (Å²) < 4.78 is 9.62. The molecule has 0 N–H and O–H groups in total.